The van der Waals surface area contributed by atoms with Crippen molar-refractivity contribution in [2.24, 2.45) is 0 Å². The number of nitrogens with one attached hydrogen (secondary N) is 7. The molecule has 1 saturated heterocycles. The third-order valence-electron chi connectivity index (χ3n) is 14.5. The molecule has 4 aliphatic rings. The van der Waals surface area contributed by atoms with E-state index in [2.05, 4.69) is 37.2 Å². The Morgan fingerprint density at radius 1 is 0.855 bits per heavy atom. The third kappa shape index (κ3) is 14.5. The number of carbonyl (C=O) groups is 11. The topological polar surface area (TPSA) is 369 Å². The van der Waals surface area contributed by atoms with Crippen molar-refractivity contribution in [1.82, 2.24) is 51.7 Å². The Hall–Kier alpha value is -8.63. The van der Waals surface area contributed by atoms with Crippen molar-refractivity contribution in [3.05, 3.63) is 97.6 Å². The molecule has 0 saturated carbocycles. The fourth-order valence-electron chi connectivity index (χ4n) is 10.3. The zero-order chi connectivity index (χ0) is 59.6. The number of likely N-dealkylation sites (tertiary alicyclic amines) is 1. The van der Waals surface area contributed by atoms with Crippen molar-refractivity contribution in [2.75, 3.05) is 45.3 Å². The number of fused-ring (bicyclic) bond motifs is 5. The van der Waals surface area contributed by atoms with E-state index >= 15 is 4.39 Å². The van der Waals surface area contributed by atoms with Crippen LogP contribution in [0.25, 0.3) is 22.3 Å². The molecule has 1 fully saturated rings. The third-order valence-corrected chi connectivity index (χ3v) is 15.8. The van der Waals surface area contributed by atoms with Crippen molar-refractivity contribution >= 4 is 87.8 Å². The minimum atomic E-state index is -1.68. The molecule has 28 heteroatoms. The zero-order valence-electron chi connectivity index (χ0n) is 45.2. The number of aliphatic hydroxyl groups excluding tert-OH is 1. The summed E-state index contributed by atoms with van der Waals surface area (Å²) in [6.45, 7) is 0.140. The summed E-state index contributed by atoms with van der Waals surface area (Å²) in [5.41, 5.74) is 3.73. The largest absolute Gasteiger partial charge is 0.480 e. The number of cyclic esters (lactones) is 1. The highest BCUT2D eigenvalue weighted by Crippen LogP contribution is 2.45. The quantitative estimate of drug-likeness (QED) is 0.0142. The zero-order valence-corrected chi connectivity index (χ0v) is 46.0. The van der Waals surface area contributed by atoms with Gasteiger partial charge < -0.3 is 61.5 Å². The minimum absolute atomic E-state index is 0.00844. The second-order valence-corrected chi connectivity index (χ2v) is 21.5. The number of amides is 9. The van der Waals surface area contributed by atoms with Crippen LogP contribution in [0.3, 0.4) is 0 Å². The second kappa shape index (κ2) is 27.0. The lowest BCUT2D eigenvalue weighted by Crippen LogP contribution is -2.52. The number of halogens is 1. The van der Waals surface area contributed by atoms with Crippen LogP contribution in [0.15, 0.2) is 47.3 Å². The number of thioether (sulfide) groups is 1. The van der Waals surface area contributed by atoms with Crippen molar-refractivity contribution in [1.29, 1.82) is 0 Å². The number of aliphatic hydroxyl groups is 1. The number of rotatable bonds is 26. The van der Waals surface area contributed by atoms with Gasteiger partial charge in [-0.1, -0.05) is 36.8 Å². The molecule has 26 nitrogen and oxygen atoms in total. The van der Waals surface area contributed by atoms with Gasteiger partial charge in [-0.15, -0.1) is 11.8 Å². The Kier molecular flexibility index (Phi) is 19.6. The Bertz CT molecular complexity index is 3360. The summed E-state index contributed by atoms with van der Waals surface area (Å²) in [5.74, 6) is -8.05. The molecule has 0 spiro atoms. The summed E-state index contributed by atoms with van der Waals surface area (Å²) in [6, 6.07) is 8.43. The maximum atomic E-state index is 15.3. The van der Waals surface area contributed by atoms with Gasteiger partial charge >= 0.3 is 11.9 Å². The van der Waals surface area contributed by atoms with Crippen molar-refractivity contribution < 1.29 is 76.8 Å². The van der Waals surface area contributed by atoms with Gasteiger partial charge in [-0.05, 0) is 60.9 Å². The molecule has 0 bridgehead atoms. The number of carboxylic acid groups (broad SMARTS) is 1. The van der Waals surface area contributed by atoms with Crippen LogP contribution in [0, 0.1) is 12.7 Å². The molecule has 83 heavy (non-hydrogen) atoms. The van der Waals surface area contributed by atoms with Gasteiger partial charge in [0.15, 0.2) is 6.10 Å². The van der Waals surface area contributed by atoms with E-state index in [-0.39, 0.29) is 55.8 Å². The Morgan fingerprint density at radius 2 is 1.58 bits per heavy atom. The predicted octanol–water partition coefficient (Wildman–Crippen LogP) is -0.757. The molecule has 8 rings (SSSR count). The van der Waals surface area contributed by atoms with Gasteiger partial charge in [0.2, 0.25) is 53.2 Å². The number of ether oxygens (including phenoxy) is 2. The van der Waals surface area contributed by atoms with Gasteiger partial charge in [0.1, 0.15) is 37.8 Å². The highest BCUT2D eigenvalue weighted by atomic mass is 32.2. The van der Waals surface area contributed by atoms with E-state index in [0.717, 1.165) is 16.7 Å². The summed E-state index contributed by atoms with van der Waals surface area (Å²) >= 11 is 0.979. The minimum Gasteiger partial charge on any atom is -0.480 e. The highest BCUT2D eigenvalue weighted by molar-refractivity contribution is 8.00. The number of nitrogens with zero attached hydrogens (tertiary/aromatic N) is 3. The number of pyridine rings is 2. The molecule has 5 atom stereocenters. The number of aryl methyl sites for hydroxylation is 1. The first-order valence-electron chi connectivity index (χ1n) is 26.7. The van der Waals surface area contributed by atoms with Gasteiger partial charge in [0.25, 0.3) is 5.56 Å². The fourth-order valence-corrected chi connectivity index (χ4v) is 11.5. The summed E-state index contributed by atoms with van der Waals surface area (Å²) in [6.07, 6.45) is 0.219. The van der Waals surface area contributed by atoms with Crippen molar-refractivity contribution in [2.45, 2.75) is 108 Å². The highest BCUT2D eigenvalue weighted by Gasteiger charge is 2.40. The maximum absolute atomic E-state index is 15.3. The molecule has 0 radical (unpaired) electrons. The molecule has 2 aromatic heterocycles. The average molecular weight is 1170 g/mol. The van der Waals surface area contributed by atoms with E-state index in [9.17, 15) is 67.7 Å². The van der Waals surface area contributed by atoms with Crippen LogP contribution in [0.5, 0.6) is 0 Å². The van der Waals surface area contributed by atoms with Crippen LogP contribution < -0.4 is 42.8 Å². The number of carboxylic acids is 1. The molecular weight excluding hydrogens is 1110 g/mol. The van der Waals surface area contributed by atoms with E-state index in [0.29, 0.717) is 82.2 Å². The molecule has 9 amide bonds. The van der Waals surface area contributed by atoms with E-state index < -0.39 is 139 Å². The normalized spacial score (nSPS) is 17.3. The predicted molar refractivity (Wildman–Crippen MR) is 291 cm³/mol. The molecule has 9 N–H and O–H groups in total. The monoisotopic (exact) mass is 1170 g/mol. The lowest BCUT2D eigenvalue weighted by molar-refractivity contribution is -0.157. The molecule has 2 aromatic carbocycles. The number of aromatic nitrogens is 2. The molecule has 1 unspecified atom stereocenters. The van der Waals surface area contributed by atoms with Crippen LogP contribution >= 0.6 is 11.8 Å². The standard InChI is InChI=1S/C55H61FN10O16S/c1-27-30-12-13-35(48-32-22-66-39(49(32)64-36(47(30)48)17-34(27)56)16-31-33(52(66)76)23-82-55(80)50(31)74)62-45(72)24-81-26-60-43(70)20-59-51(75)37(15-29-9-5-3-6-10-29)63-44(71)21-58-42(69)19-57-41(68)11-7-4-8-14-65-46(73)18-40(53(65)77)83-25-38(54(78)79)61-28(2)67/h3,5-6,9-10,16-17,35,37-38,40,50,74H,4,7-8,11-15,18-26H2,1-2H3,(H,57,68)(H,58,69)(H,59,75)(H,60,70)(H,61,67)(H,62,72)(H,63,71)(H,78,79)/t35-,37-,38-,40?,50-/m0/s1. The number of aliphatic carboxylic acids is 1. The summed E-state index contributed by atoms with van der Waals surface area (Å²) < 4.78 is 27.2. The number of hydrogen-bond acceptors (Lipinski definition) is 17. The van der Waals surface area contributed by atoms with Crippen LogP contribution in [0.4, 0.5) is 4.39 Å². The van der Waals surface area contributed by atoms with Crippen LogP contribution in [0.1, 0.15) is 96.5 Å². The van der Waals surface area contributed by atoms with E-state index in [1.807, 2.05) is 0 Å². The molecular formula is C55H61FN10O16S. The molecule has 5 heterocycles. The first kappa shape index (κ1) is 60.5. The lowest BCUT2D eigenvalue weighted by atomic mass is 9.81. The van der Waals surface area contributed by atoms with Gasteiger partial charge in [0, 0.05) is 61.1 Å². The van der Waals surface area contributed by atoms with Gasteiger partial charge in [-0.2, -0.15) is 0 Å². The SMILES string of the molecule is CC(=O)N[C@@H](CSC1CC(=O)N(CCCCCC(=O)NCC(=O)NCC(=O)N[C@@H](Cc2ccccc2)C(=O)NCC(=O)NCOCC(=O)N[C@H]2CCc3c(C)c(F)cc4nc5c(c2c34)Cn2c-5cc3c(c2=O)COC(=O)[C@H]3O)C1=O)C(=O)O. The number of hydrogen-bond donors (Lipinski definition) is 9. The van der Waals surface area contributed by atoms with Crippen molar-refractivity contribution in [3.8, 4) is 11.4 Å². The Labute approximate surface area is 476 Å². The van der Waals surface area contributed by atoms with E-state index in [1.165, 1.54) is 23.6 Å². The first-order chi connectivity index (χ1) is 39.7. The number of imide groups is 1. The van der Waals surface area contributed by atoms with Crippen LogP contribution in [-0.2, 0) is 88.2 Å². The number of carbonyl (C=O) groups excluding carboxylic acids is 10. The van der Waals surface area contributed by atoms with Crippen LogP contribution in [-0.4, -0.2) is 152 Å². The molecule has 4 aromatic rings. The number of unbranched alkanes of at least 4 members (excludes halogenated alkanes) is 2. The average Bonchev–Trinajstić information content (AvgIpc) is 3.51. The maximum Gasteiger partial charge on any atom is 0.340 e. The lowest BCUT2D eigenvalue weighted by Gasteiger charge is -2.29. The molecule has 3 aliphatic heterocycles. The Balaban J connectivity index is 0.749. The fraction of sp³-hybridized carbons (Fsp3) is 0.436. The Morgan fingerprint density at radius 3 is 2.33 bits per heavy atom. The van der Waals surface area contributed by atoms with Crippen molar-refractivity contribution in [3.63, 3.8) is 0 Å². The number of esters is 1. The molecule has 1 aliphatic carbocycles. The second-order valence-electron chi connectivity index (χ2n) is 20.2. The van der Waals surface area contributed by atoms with Crippen LogP contribution in [0.2, 0.25) is 0 Å². The molecule has 440 valence electrons. The van der Waals surface area contributed by atoms with Gasteiger partial charge in [0.05, 0.1) is 59.9 Å². The number of benzene rings is 2. The van der Waals surface area contributed by atoms with Gasteiger partial charge in [-0.25, -0.2) is 19.0 Å². The smallest absolute Gasteiger partial charge is 0.340 e. The van der Waals surface area contributed by atoms with E-state index in [1.54, 1.807) is 37.3 Å². The van der Waals surface area contributed by atoms with Gasteiger partial charge in [-0.3, -0.25) is 52.8 Å². The first-order valence-corrected chi connectivity index (χ1v) is 27.7. The summed E-state index contributed by atoms with van der Waals surface area (Å²) in [4.78, 5) is 158. The van der Waals surface area contributed by atoms with E-state index in [4.69, 9.17) is 14.5 Å². The summed E-state index contributed by atoms with van der Waals surface area (Å²) in [7, 11) is 0. The summed E-state index contributed by atoms with van der Waals surface area (Å²) in [5, 5.41) is 37.3.